The third-order valence-corrected chi connectivity index (χ3v) is 4.51. The molecule has 0 bridgehead atoms. The van der Waals surface area contributed by atoms with Crippen molar-refractivity contribution in [2.75, 3.05) is 11.9 Å². The fourth-order valence-corrected chi connectivity index (χ4v) is 3.24. The number of nitrogens with one attached hydrogen (secondary N) is 3. The van der Waals surface area contributed by atoms with E-state index >= 15 is 0 Å². The molecule has 0 fully saturated rings. The molecule has 0 saturated heterocycles. The van der Waals surface area contributed by atoms with Crippen molar-refractivity contribution in [2.45, 2.75) is 19.7 Å². The molecule has 31 heavy (non-hydrogen) atoms. The van der Waals surface area contributed by atoms with Gasteiger partial charge in [-0.05, 0) is 30.3 Å². The Morgan fingerprint density at radius 1 is 1.23 bits per heavy atom. The van der Waals surface area contributed by atoms with E-state index in [2.05, 4.69) is 30.3 Å². The van der Waals surface area contributed by atoms with Gasteiger partial charge < -0.3 is 20.4 Å². The van der Waals surface area contributed by atoms with Crippen LogP contribution in [0.4, 0.5) is 18.9 Å². The van der Waals surface area contributed by atoms with Crippen LogP contribution in [0.3, 0.4) is 0 Å². The lowest BCUT2D eigenvalue weighted by molar-refractivity contribution is -0.274. The Morgan fingerprint density at radius 3 is 2.74 bits per heavy atom. The van der Waals surface area contributed by atoms with Gasteiger partial charge in [0.15, 0.2) is 11.6 Å². The van der Waals surface area contributed by atoms with E-state index in [0.29, 0.717) is 29.9 Å². The van der Waals surface area contributed by atoms with Crippen LogP contribution in [0.1, 0.15) is 23.0 Å². The summed E-state index contributed by atoms with van der Waals surface area (Å²) in [5, 5.41) is 5.05. The van der Waals surface area contributed by atoms with Crippen LogP contribution in [-0.2, 0) is 11.2 Å². The van der Waals surface area contributed by atoms with Gasteiger partial charge in [-0.15, -0.1) is 13.2 Å². The Bertz CT molecular complexity index is 1170. The topological polar surface area (TPSA) is 109 Å². The van der Waals surface area contributed by atoms with Crippen LogP contribution in [0.15, 0.2) is 36.5 Å². The van der Waals surface area contributed by atoms with Crippen LogP contribution < -0.4 is 15.4 Å². The number of ether oxygens (including phenoxy) is 1. The van der Waals surface area contributed by atoms with Crippen molar-refractivity contribution < 1.29 is 27.5 Å². The van der Waals surface area contributed by atoms with E-state index in [1.54, 1.807) is 12.1 Å². The maximum atomic E-state index is 12.8. The Balaban J connectivity index is 1.71. The number of anilines is 1. The number of nitrogens with zero attached hydrogens (tertiary/aromatic N) is 2. The zero-order valence-electron chi connectivity index (χ0n) is 16.1. The summed E-state index contributed by atoms with van der Waals surface area (Å²) in [5.41, 5.74) is 2.50. The first-order valence-corrected chi connectivity index (χ1v) is 9.21. The summed E-state index contributed by atoms with van der Waals surface area (Å²) in [6.45, 7) is 1.71. The molecular formula is C20H16F3N5O3. The van der Waals surface area contributed by atoms with E-state index in [-0.39, 0.29) is 23.0 Å². The first kappa shape index (κ1) is 20.4. The highest BCUT2D eigenvalue weighted by molar-refractivity contribution is 5.97. The Morgan fingerprint density at radius 2 is 2.03 bits per heavy atom. The van der Waals surface area contributed by atoms with E-state index in [9.17, 15) is 22.8 Å². The molecule has 0 aliphatic carbocycles. The van der Waals surface area contributed by atoms with E-state index in [1.807, 2.05) is 0 Å². The summed E-state index contributed by atoms with van der Waals surface area (Å²) in [6, 6.07) is 7.16. The molecule has 0 spiro atoms. The predicted molar refractivity (Wildman–Crippen MR) is 104 cm³/mol. The molecule has 3 N–H and O–H groups in total. The third kappa shape index (κ3) is 4.49. The van der Waals surface area contributed by atoms with Crippen molar-refractivity contribution in [1.29, 1.82) is 0 Å². The van der Waals surface area contributed by atoms with Crippen LogP contribution in [-0.4, -0.2) is 39.7 Å². The lowest BCUT2D eigenvalue weighted by atomic mass is 10.1. The van der Waals surface area contributed by atoms with Gasteiger partial charge in [0.1, 0.15) is 0 Å². The van der Waals surface area contributed by atoms with Crippen LogP contribution in [0.5, 0.6) is 5.75 Å². The summed E-state index contributed by atoms with van der Waals surface area (Å²) in [7, 11) is 0. The second-order valence-electron chi connectivity index (χ2n) is 6.79. The van der Waals surface area contributed by atoms with Crippen LogP contribution in [0, 0.1) is 0 Å². The smallest absolute Gasteiger partial charge is 0.404 e. The number of alkyl halides is 3. The molecule has 3 heterocycles. The molecule has 0 atom stereocenters. The fourth-order valence-electron chi connectivity index (χ4n) is 3.24. The van der Waals surface area contributed by atoms with Crippen molar-refractivity contribution in [3.8, 4) is 28.5 Å². The number of amides is 2. The molecule has 0 unspecified atom stereocenters. The zero-order chi connectivity index (χ0) is 22.2. The van der Waals surface area contributed by atoms with Gasteiger partial charge in [-0.2, -0.15) is 0 Å². The molecule has 0 radical (unpaired) electrons. The molecule has 1 aromatic carbocycles. The number of hydrogen-bond donors (Lipinski definition) is 3. The monoisotopic (exact) mass is 431 g/mol. The molecule has 2 aromatic heterocycles. The third-order valence-electron chi connectivity index (χ3n) is 4.51. The average molecular weight is 431 g/mol. The largest absolute Gasteiger partial charge is 0.573 e. The number of halogens is 3. The summed E-state index contributed by atoms with van der Waals surface area (Å²) in [6.07, 6.45) is -2.83. The molecule has 0 saturated carbocycles. The summed E-state index contributed by atoms with van der Waals surface area (Å²) in [5.74, 6) is -1.16. The number of aromatic amines is 1. The Kier molecular flexibility index (Phi) is 5.09. The first-order chi connectivity index (χ1) is 14.7. The van der Waals surface area contributed by atoms with Crippen molar-refractivity contribution in [1.82, 2.24) is 20.3 Å². The highest BCUT2D eigenvalue weighted by atomic mass is 19.4. The molecule has 1 aliphatic rings. The molecule has 1 aliphatic heterocycles. The molecule has 4 rings (SSSR count). The normalized spacial score (nSPS) is 13.4. The number of aromatic nitrogens is 3. The highest BCUT2D eigenvalue weighted by Gasteiger charge is 2.32. The van der Waals surface area contributed by atoms with Crippen molar-refractivity contribution in [2.24, 2.45) is 0 Å². The second-order valence-corrected chi connectivity index (χ2v) is 6.79. The first-order valence-electron chi connectivity index (χ1n) is 9.21. The fraction of sp³-hybridized carbons (Fsp3) is 0.200. The van der Waals surface area contributed by atoms with E-state index in [1.165, 1.54) is 25.3 Å². The molecule has 8 nitrogen and oxygen atoms in total. The van der Waals surface area contributed by atoms with E-state index in [4.69, 9.17) is 0 Å². The van der Waals surface area contributed by atoms with Gasteiger partial charge >= 0.3 is 6.36 Å². The van der Waals surface area contributed by atoms with Gasteiger partial charge in [0.2, 0.25) is 5.91 Å². The number of fused-ring (bicyclic) bond motifs is 1. The summed E-state index contributed by atoms with van der Waals surface area (Å²) in [4.78, 5) is 35.0. The Labute approximate surface area is 173 Å². The SMILES string of the molecule is CC(=O)Nc1ccc(-c2nccc(-c3cc4c([nH]3)CCNC4=O)n2)cc1OC(F)(F)F. The standard InChI is InChI=1S/C20H16F3N5O3/c1-10(29)26-15-3-2-11(8-17(15)31-20(21,22)23)18-24-6-5-14(28-18)16-9-12-13(27-16)4-7-25-19(12)30/h2-3,5-6,8-9,27H,4,7H2,1H3,(H,25,30)(H,26,29). The number of carbonyl (C=O) groups is 2. The van der Waals surface area contributed by atoms with E-state index in [0.717, 1.165) is 11.8 Å². The zero-order valence-corrected chi connectivity index (χ0v) is 16.1. The molecular weight excluding hydrogens is 415 g/mol. The number of benzene rings is 1. The lowest BCUT2D eigenvalue weighted by Crippen LogP contribution is -2.31. The number of carbonyl (C=O) groups excluding carboxylic acids is 2. The van der Waals surface area contributed by atoms with Crippen LogP contribution in [0.2, 0.25) is 0 Å². The lowest BCUT2D eigenvalue weighted by Gasteiger charge is -2.14. The minimum absolute atomic E-state index is 0.132. The number of rotatable bonds is 4. The van der Waals surface area contributed by atoms with Crippen molar-refractivity contribution in [3.05, 3.63) is 47.8 Å². The molecule has 160 valence electrons. The Hall–Kier alpha value is -3.89. The van der Waals surface area contributed by atoms with Crippen molar-refractivity contribution in [3.63, 3.8) is 0 Å². The minimum Gasteiger partial charge on any atom is -0.404 e. The maximum Gasteiger partial charge on any atom is 0.573 e. The van der Waals surface area contributed by atoms with Gasteiger partial charge in [-0.3, -0.25) is 9.59 Å². The average Bonchev–Trinajstić information content (AvgIpc) is 3.14. The minimum atomic E-state index is -4.95. The van der Waals surface area contributed by atoms with Crippen LogP contribution in [0.25, 0.3) is 22.8 Å². The van der Waals surface area contributed by atoms with Gasteiger partial charge in [-0.25, -0.2) is 9.97 Å². The van der Waals surface area contributed by atoms with Gasteiger partial charge in [0.05, 0.1) is 22.6 Å². The second kappa shape index (κ2) is 7.74. The van der Waals surface area contributed by atoms with Gasteiger partial charge in [0, 0.05) is 37.3 Å². The van der Waals surface area contributed by atoms with Gasteiger partial charge in [0.25, 0.3) is 5.91 Å². The number of hydrogen-bond acceptors (Lipinski definition) is 5. The summed E-state index contributed by atoms with van der Waals surface area (Å²) >= 11 is 0. The number of H-pyrrole nitrogens is 1. The van der Waals surface area contributed by atoms with E-state index < -0.39 is 18.0 Å². The van der Waals surface area contributed by atoms with Gasteiger partial charge in [-0.1, -0.05) is 0 Å². The highest BCUT2D eigenvalue weighted by Crippen LogP contribution is 2.34. The molecule has 3 aromatic rings. The predicted octanol–water partition coefficient (Wildman–Crippen LogP) is 3.28. The van der Waals surface area contributed by atoms with Crippen LogP contribution >= 0.6 is 0 Å². The quantitative estimate of drug-likeness (QED) is 0.588. The molecule has 11 heteroatoms. The van der Waals surface area contributed by atoms with Crippen molar-refractivity contribution >= 4 is 17.5 Å². The molecule has 2 amide bonds. The maximum absolute atomic E-state index is 12.8. The summed E-state index contributed by atoms with van der Waals surface area (Å²) < 4.78 is 42.5.